The molecule has 1 aromatic heterocycles. The third kappa shape index (κ3) is 2.12. The lowest BCUT2D eigenvalue weighted by atomic mass is 10.1. The van der Waals surface area contributed by atoms with Crippen LogP contribution in [0.4, 0.5) is 8.78 Å². The Bertz CT molecular complexity index is 570. The van der Waals surface area contributed by atoms with Crippen LogP contribution >= 0.6 is 27.3 Å². The van der Waals surface area contributed by atoms with Gasteiger partial charge in [0.2, 0.25) is 0 Å². The number of benzene rings is 1. The number of thiophene rings is 1. The van der Waals surface area contributed by atoms with E-state index >= 15 is 0 Å². The molecule has 0 fully saturated rings. The summed E-state index contributed by atoms with van der Waals surface area (Å²) in [5.41, 5.74) is 2.18. The molecule has 1 unspecified atom stereocenters. The molecule has 94 valence electrons. The number of fused-ring (bicyclic) bond motifs is 1. The van der Waals surface area contributed by atoms with Crippen molar-refractivity contribution in [3.05, 3.63) is 56.8 Å². The maximum absolute atomic E-state index is 13.2. The van der Waals surface area contributed by atoms with Crippen LogP contribution in [0, 0.1) is 11.6 Å². The molecule has 18 heavy (non-hydrogen) atoms. The van der Waals surface area contributed by atoms with Gasteiger partial charge in [-0.05, 0) is 48.6 Å². The quantitative estimate of drug-likeness (QED) is 0.680. The molecule has 0 saturated heterocycles. The summed E-state index contributed by atoms with van der Waals surface area (Å²) in [5.74, 6) is -1.59. The summed E-state index contributed by atoms with van der Waals surface area (Å²) in [6, 6.07) is 6.26. The Balaban J connectivity index is 1.93. The predicted octanol–water partition coefficient (Wildman–Crippen LogP) is 5.00. The summed E-state index contributed by atoms with van der Waals surface area (Å²) in [4.78, 5) is 2.56. The zero-order chi connectivity index (χ0) is 12.7. The maximum atomic E-state index is 13.2. The molecule has 0 nitrogen and oxygen atoms in total. The van der Waals surface area contributed by atoms with E-state index in [1.165, 1.54) is 33.9 Å². The number of aryl methyl sites for hydroxylation is 2. The Hall–Kier alpha value is -0.740. The molecular formula is C14H11BrF2S. The lowest BCUT2D eigenvalue weighted by molar-refractivity contribution is 0.507. The van der Waals surface area contributed by atoms with E-state index in [2.05, 4.69) is 22.0 Å². The monoisotopic (exact) mass is 328 g/mol. The van der Waals surface area contributed by atoms with Gasteiger partial charge in [0.05, 0.1) is 4.83 Å². The fourth-order valence-electron chi connectivity index (χ4n) is 2.31. The molecule has 0 N–H and O–H groups in total. The second-order valence-electron chi connectivity index (χ2n) is 4.49. The molecule has 0 saturated carbocycles. The highest BCUT2D eigenvalue weighted by molar-refractivity contribution is 9.09. The first-order chi connectivity index (χ1) is 8.65. The van der Waals surface area contributed by atoms with Gasteiger partial charge in [-0.2, -0.15) is 0 Å². The van der Waals surface area contributed by atoms with E-state index in [-0.39, 0.29) is 4.83 Å². The van der Waals surface area contributed by atoms with Gasteiger partial charge in [0, 0.05) is 9.75 Å². The summed E-state index contributed by atoms with van der Waals surface area (Å²) in [6.45, 7) is 0. The van der Waals surface area contributed by atoms with Crippen LogP contribution in [0.1, 0.15) is 32.1 Å². The van der Waals surface area contributed by atoms with Gasteiger partial charge in [-0.3, -0.25) is 0 Å². The molecule has 0 bridgehead atoms. The molecule has 0 radical (unpaired) electrons. The Morgan fingerprint density at radius 2 is 1.94 bits per heavy atom. The Morgan fingerprint density at radius 1 is 1.11 bits per heavy atom. The standard InChI is InChI=1S/C14H11BrF2S/c15-14(9-4-5-10(16)11(17)6-9)13-7-8-2-1-3-12(8)18-13/h4-7,14H,1-3H2. The highest BCUT2D eigenvalue weighted by Gasteiger charge is 2.20. The molecule has 4 heteroatoms. The van der Waals surface area contributed by atoms with Crippen LogP contribution in [0.5, 0.6) is 0 Å². The van der Waals surface area contributed by atoms with Gasteiger partial charge in [-0.25, -0.2) is 8.78 Å². The Labute approximate surface area is 117 Å². The van der Waals surface area contributed by atoms with Crippen molar-refractivity contribution in [3.8, 4) is 0 Å². The Morgan fingerprint density at radius 3 is 2.67 bits per heavy atom. The van der Waals surface area contributed by atoms with E-state index in [0.717, 1.165) is 18.4 Å². The third-order valence-electron chi connectivity index (χ3n) is 3.25. The zero-order valence-electron chi connectivity index (χ0n) is 9.55. The number of hydrogen-bond acceptors (Lipinski definition) is 1. The van der Waals surface area contributed by atoms with E-state index in [1.807, 2.05) is 0 Å². The molecule has 1 atom stereocenters. The van der Waals surface area contributed by atoms with Crippen molar-refractivity contribution in [1.29, 1.82) is 0 Å². The maximum Gasteiger partial charge on any atom is 0.159 e. The van der Waals surface area contributed by atoms with E-state index in [4.69, 9.17) is 0 Å². The first-order valence-corrected chi connectivity index (χ1v) is 7.59. The second kappa shape index (κ2) is 4.74. The molecule has 0 spiro atoms. The van der Waals surface area contributed by atoms with Crippen LogP contribution in [0.15, 0.2) is 24.3 Å². The molecule has 0 amide bonds. The minimum absolute atomic E-state index is 0.0526. The van der Waals surface area contributed by atoms with E-state index < -0.39 is 11.6 Å². The number of hydrogen-bond donors (Lipinski definition) is 0. The lowest BCUT2D eigenvalue weighted by Gasteiger charge is -2.08. The first-order valence-electron chi connectivity index (χ1n) is 5.85. The number of alkyl halides is 1. The minimum Gasteiger partial charge on any atom is -0.204 e. The summed E-state index contributed by atoms with van der Waals surface area (Å²) in [5, 5.41) is 0. The topological polar surface area (TPSA) is 0 Å². The zero-order valence-corrected chi connectivity index (χ0v) is 12.0. The second-order valence-corrected chi connectivity index (χ2v) is 6.57. The van der Waals surface area contributed by atoms with Gasteiger partial charge in [-0.15, -0.1) is 11.3 Å². The summed E-state index contributed by atoms with van der Waals surface area (Å²) in [6.07, 6.45) is 3.53. The molecule has 1 aliphatic carbocycles. The van der Waals surface area contributed by atoms with Gasteiger partial charge >= 0.3 is 0 Å². The first kappa shape index (κ1) is 12.3. The number of halogens is 3. The molecular weight excluding hydrogens is 318 g/mol. The molecule has 1 aromatic carbocycles. The van der Waals surface area contributed by atoms with Crippen molar-refractivity contribution in [2.24, 2.45) is 0 Å². The van der Waals surface area contributed by atoms with Crippen LogP contribution in [0.3, 0.4) is 0 Å². The van der Waals surface area contributed by atoms with E-state index in [0.29, 0.717) is 0 Å². The molecule has 1 aliphatic rings. The van der Waals surface area contributed by atoms with Crippen LogP contribution < -0.4 is 0 Å². The molecule has 3 rings (SSSR count). The third-order valence-corrected chi connectivity index (χ3v) is 5.88. The average Bonchev–Trinajstić information content (AvgIpc) is 2.92. The highest BCUT2D eigenvalue weighted by atomic mass is 79.9. The van der Waals surface area contributed by atoms with Crippen molar-refractivity contribution in [2.75, 3.05) is 0 Å². The van der Waals surface area contributed by atoms with E-state index in [9.17, 15) is 8.78 Å². The molecule has 0 aliphatic heterocycles. The van der Waals surface area contributed by atoms with Gasteiger partial charge in [0.15, 0.2) is 11.6 Å². The molecule has 1 heterocycles. The largest absolute Gasteiger partial charge is 0.204 e. The van der Waals surface area contributed by atoms with E-state index in [1.54, 1.807) is 17.4 Å². The van der Waals surface area contributed by atoms with Crippen LogP contribution in [-0.4, -0.2) is 0 Å². The number of rotatable bonds is 2. The SMILES string of the molecule is Fc1ccc(C(Br)c2cc3c(s2)CCC3)cc1F. The smallest absolute Gasteiger partial charge is 0.159 e. The van der Waals surface area contributed by atoms with Crippen LogP contribution in [0.25, 0.3) is 0 Å². The highest BCUT2D eigenvalue weighted by Crippen LogP contribution is 2.40. The van der Waals surface area contributed by atoms with Gasteiger partial charge in [-0.1, -0.05) is 22.0 Å². The van der Waals surface area contributed by atoms with Crippen molar-refractivity contribution in [1.82, 2.24) is 0 Å². The van der Waals surface area contributed by atoms with Crippen molar-refractivity contribution in [3.63, 3.8) is 0 Å². The van der Waals surface area contributed by atoms with Gasteiger partial charge < -0.3 is 0 Å². The summed E-state index contributed by atoms with van der Waals surface area (Å²) in [7, 11) is 0. The average molecular weight is 329 g/mol. The lowest BCUT2D eigenvalue weighted by Crippen LogP contribution is -1.93. The fourth-order valence-corrected chi connectivity index (χ4v) is 4.27. The van der Waals surface area contributed by atoms with Gasteiger partial charge in [0.25, 0.3) is 0 Å². The summed E-state index contributed by atoms with van der Waals surface area (Å²) < 4.78 is 26.1. The predicted molar refractivity (Wildman–Crippen MR) is 73.5 cm³/mol. The van der Waals surface area contributed by atoms with Crippen molar-refractivity contribution in [2.45, 2.75) is 24.1 Å². The van der Waals surface area contributed by atoms with Crippen LogP contribution in [0.2, 0.25) is 0 Å². The van der Waals surface area contributed by atoms with Crippen molar-refractivity contribution < 1.29 is 8.78 Å². The van der Waals surface area contributed by atoms with Gasteiger partial charge in [0.1, 0.15) is 0 Å². The summed E-state index contributed by atoms with van der Waals surface area (Å²) >= 11 is 5.35. The minimum atomic E-state index is -0.799. The van der Waals surface area contributed by atoms with Crippen LogP contribution in [-0.2, 0) is 12.8 Å². The molecule has 2 aromatic rings. The fraction of sp³-hybridized carbons (Fsp3) is 0.286. The Kier molecular flexibility index (Phi) is 3.24. The normalized spacial score (nSPS) is 15.7. The van der Waals surface area contributed by atoms with Crippen molar-refractivity contribution >= 4 is 27.3 Å².